The van der Waals surface area contributed by atoms with Gasteiger partial charge < -0.3 is 10.2 Å². The molecule has 7 heteroatoms. The van der Waals surface area contributed by atoms with Gasteiger partial charge in [0.25, 0.3) is 0 Å². The lowest BCUT2D eigenvalue weighted by Gasteiger charge is -2.17. The summed E-state index contributed by atoms with van der Waals surface area (Å²) in [6, 6.07) is 0. The van der Waals surface area contributed by atoms with Crippen LogP contribution in [0.25, 0.3) is 11.2 Å². The molecule has 1 saturated heterocycles. The van der Waals surface area contributed by atoms with E-state index in [1.807, 2.05) is 4.68 Å². The Morgan fingerprint density at radius 2 is 2.08 bits per heavy atom. The molecule has 0 bridgehead atoms. The normalized spacial score (nSPS) is 18.8. The Hall–Kier alpha value is -2.02. The molecule has 1 N–H and O–H groups in total. The number of aromatic nitrogens is 4. The van der Waals surface area contributed by atoms with Crippen molar-refractivity contribution >= 4 is 17.1 Å². The topological polar surface area (TPSA) is 75.9 Å². The van der Waals surface area contributed by atoms with Crippen molar-refractivity contribution in [3.63, 3.8) is 0 Å². The Balaban J connectivity index is 1.70. The molecular weight excluding hydrogens is 316 g/mol. The third kappa shape index (κ3) is 4.34. The Morgan fingerprint density at radius 1 is 1.32 bits per heavy atom. The van der Waals surface area contributed by atoms with Gasteiger partial charge in [-0.15, -0.1) is 0 Å². The van der Waals surface area contributed by atoms with E-state index in [9.17, 15) is 4.79 Å². The number of carbonyl (C=O) groups excluding carboxylic acids is 1. The minimum atomic E-state index is -0.00434. The summed E-state index contributed by atoms with van der Waals surface area (Å²) in [6.07, 6.45) is 5.04. The molecule has 3 rings (SSSR count). The molecule has 3 heterocycles. The van der Waals surface area contributed by atoms with Crippen LogP contribution in [0.4, 0.5) is 0 Å². The lowest BCUT2D eigenvalue weighted by Crippen LogP contribution is -2.30. The van der Waals surface area contributed by atoms with E-state index in [0.717, 1.165) is 36.4 Å². The minimum Gasteiger partial charge on any atom is -0.354 e. The predicted molar refractivity (Wildman–Crippen MR) is 97.3 cm³/mol. The van der Waals surface area contributed by atoms with Crippen LogP contribution in [0, 0.1) is 5.41 Å². The maximum absolute atomic E-state index is 12.0. The van der Waals surface area contributed by atoms with Crippen molar-refractivity contribution in [2.24, 2.45) is 5.41 Å². The van der Waals surface area contributed by atoms with Crippen molar-refractivity contribution in [3.05, 3.63) is 18.1 Å². The molecule has 0 saturated carbocycles. The Bertz CT molecular complexity index is 748. The lowest BCUT2D eigenvalue weighted by molar-refractivity contribution is -0.122. The summed E-state index contributed by atoms with van der Waals surface area (Å²) >= 11 is 0. The van der Waals surface area contributed by atoms with Crippen molar-refractivity contribution in [2.45, 2.75) is 46.1 Å². The molecule has 0 aliphatic carbocycles. The summed E-state index contributed by atoms with van der Waals surface area (Å²) in [6.45, 7) is 9.43. The van der Waals surface area contributed by atoms with Gasteiger partial charge in [0.15, 0.2) is 5.65 Å². The second-order valence-corrected chi connectivity index (χ2v) is 8.17. The van der Waals surface area contributed by atoms with E-state index >= 15 is 0 Å². The van der Waals surface area contributed by atoms with Crippen molar-refractivity contribution in [1.82, 2.24) is 30.0 Å². The van der Waals surface area contributed by atoms with Crippen LogP contribution in [0.15, 0.2) is 12.4 Å². The van der Waals surface area contributed by atoms with Crippen molar-refractivity contribution in [2.75, 3.05) is 26.7 Å². The first-order valence-electron chi connectivity index (χ1n) is 8.96. The number of hydrogen-bond donors (Lipinski definition) is 1. The third-order valence-corrected chi connectivity index (χ3v) is 4.51. The first-order chi connectivity index (χ1) is 11.8. The zero-order valence-electron chi connectivity index (χ0n) is 15.6. The number of amides is 1. The molecule has 2 aromatic heterocycles. The standard InChI is InChI=1S/C18H28N6O/c1-18(2,3)11-14(25)19-8-10-24-17-16(20-6-7-21-17)15(22-24)13-5-9-23(4)12-13/h6-7,13H,5,8-12H2,1-4H3,(H,19,25). The smallest absolute Gasteiger partial charge is 0.220 e. The van der Waals surface area contributed by atoms with Gasteiger partial charge in [0, 0.05) is 37.8 Å². The van der Waals surface area contributed by atoms with Gasteiger partial charge in [-0.1, -0.05) is 20.8 Å². The molecule has 1 atom stereocenters. The summed E-state index contributed by atoms with van der Waals surface area (Å²) in [5.74, 6) is 0.480. The summed E-state index contributed by atoms with van der Waals surface area (Å²) in [7, 11) is 2.13. The average Bonchev–Trinajstić information content (AvgIpc) is 3.10. The first kappa shape index (κ1) is 17.8. The van der Waals surface area contributed by atoms with Gasteiger partial charge in [-0.05, 0) is 25.4 Å². The highest BCUT2D eigenvalue weighted by molar-refractivity contribution is 5.76. The quantitative estimate of drug-likeness (QED) is 0.895. The molecular formula is C18H28N6O. The van der Waals surface area contributed by atoms with E-state index in [-0.39, 0.29) is 11.3 Å². The van der Waals surface area contributed by atoms with Crippen molar-refractivity contribution in [1.29, 1.82) is 0 Å². The summed E-state index contributed by atoms with van der Waals surface area (Å²) < 4.78 is 1.88. The van der Waals surface area contributed by atoms with Crippen LogP contribution in [0.2, 0.25) is 0 Å². The van der Waals surface area contributed by atoms with Gasteiger partial charge >= 0.3 is 0 Å². The van der Waals surface area contributed by atoms with Crippen molar-refractivity contribution in [3.8, 4) is 0 Å². The second-order valence-electron chi connectivity index (χ2n) is 8.17. The molecule has 1 aliphatic heterocycles. The number of nitrogens with zero attached hydrogens (tertiary/aromatic N) is 5. The van der Waals surface area contributed by atoms with Crippen LogP contribution in [0.5, 0.6) is 0 Å². The number of carbonyl (C=O) groups is 1. The van der Waals surface area contributed by atoms with Crippen LogP contribution in [-0.2, 0) is 11.3 Å². The van der Waals surface area contributed by atoms with E-state index in [1.54, 1.807) is 12.4 Å². The predicted octanol–water partition coefficient (Wildman–Crippen LogP) is 1.80. The highest BCUT2D eigenvalue weighted by Gasteiger charge is 2.27. The van der Waals surface area contributed by atoms with E-state index in [1.165, 1.54) is 0 Å². The fraction of sp³-hybridized carbons (Fsp3) is 0.667. The van der Waals surface area contributed by atoms with Crippen molar-refractivity contribution < 1.29 is 4.79 Å². The van der Waals surface area contributed by atoms with Gasteiger partial charge in [-0.25, -0.2) is 14.6 Å². The highest BCUT2D eigenvalue weighted by Crippen LogP contribution is 2.29. The SMILES string of the molecule is CN1CCC(c2nn(CCNC(=O)CC(C)(C)C)c3nccnc23)C1. The van der Waals surface area contributed by atoms with Gasteiger partial charge in [0.05, 0.1) is 12.2 Å². The summed E-state index contributed by atoms with van der Waals surface area (Å²) in [5.41, 5.74) is 2.73. The molecule has 7 nitrogen and oxygen atoms in total. The monoisotopic (exact) mass is 344 g/mol. The molecule has 2 aromatic rings. The maximum Gasteiger partial charge on any atom is 0.220 e. The van der Waals surface area contributed by atoms with Gasteiger partial charge in [-0.3, -0.25) is 4.79 Å². The van der Waals surface area contributed by atoms with E-state index in [4.69, 9.17) is 5.10 Å². The second kappa shape index (κ2) is 7.07. The lowest BCUT2D eigenvalue weighted by atomic mass is 9.92. The number of fused-ring (bicyclic) bond motifs is 1. The van der Waals surface area contributed by atoms with E-state index in [0.29, 0.717) is 25.4 Å². The average molecular weight is 344 g/mol. The number of hydrogen-bond acceptors (Lipinski definition) is 5. The molecule has 0 radical (unpaired) electrons. The van der Waals surface area contributed by atoms with Crippen LogP contribution in [0.3, 0.4) is 0 Å². The fourth-order valence-corrected chi connectivity index (χ4v) is 3.36. The third-order valence-electron chi connectivity index (χ3n) is 4.51. The zero-order valence-corrected chi connectivity index (χ0v) is 15.6. The molecule has 136 valence electrons. The van der Waals surface area contributed by atoms with E-state index in [2.05, 4.69) is 48.0 Å². The largest absolute Gasteiger partial charge is 0.354 e. The van der Waals surface area contributed by atoms with Crippen LogP contribution in [0.1, 0.15) is 45.2 Å². The number of likely N-dealkylation sites (tertiary alicyclic amines) is 1. The van der Waals surface area contributed by atoms with Crippen LogP contribution < -0.4 is 5.32 Å². The summed E-state index contributed by atoms with van der Waals surface area (Å²) in [4.78, 5) is 23.3. The molecule has 1 amide bonds. The van der Waals surface area contributed by atoms with Gasteiger partial charge in [0.1, 0.15) is 5.52 Å². The molecule has 25 heavy (non-hydrogen) atoms. The maximum atomic E-state index is 12.0. The Morgan fingerprint density at radius 3 is 2.76 bits per heavy atom. The van der Waals surface area contributed by atoms with Gasteiger partial charge in [0.2, 0.25) is 5.91 Å². The fourth-order valence-electron chi connectivity index (χ4n) is 3.36. The van der Waals surface area contributed by atoms with Gasteiger partial charge in [-0.2, -0.15) is 5.10 Å². The number of rotatable bonds is 5. The molecule has 1 unspecified atom stereocenters. The molecule has 0 spiro atoms. The zero-order chi connectivity index (χ0) is 18.0. The number of nitrogens with one attached hydrogen (secondary N) is 1. The van der Waals surface area contributed by atoms with Crippen LogP contribution >= 0.6 is 0 Å². The number of likely N-dealkylation sites (N-methyl/N-ethyl adjacent to an activating group) is 1. The first-order valence-corrected chi connectivity index (χ1v) is 8.96. The Labute approximate surface area is 148 Å². The van der Waals surface area contributed by atoms with E-state index < -0.39 is 0 Å². The molecule has 0 aromatic carbocycles. The molecule has 1 fully saturated rings. The highest BCUT2D eigenvalue weighted by atomic mass is 16.1. The van der Waals surface area contributed by atoms with Crippen LogP contribution in [-0.4, -0.2) is 57.2 Å². The summed E-state index contributed by atoms with van der Waals surface area (Å²) in [5, 5.41) is 7.77. The minimum absolute atomic E-state index is 0.00434. The molecule has 1 aliphatic rings. The Kier molecular flexibility index (Phi) is 5.03.